The van der Waals surface area contributed by atoms with E-state index in [0.717, 1.165) is 24.9 Å². The lowest BCUT2D eigenvalue weighted by molar-refractivity contribution is 0.0324. The number of likely N-dealkylation sites (N-methyl/N-ethyl adjacent to an activating group) is 1. The average molecular weight is 286 g/mol. The number of nitrogens with one attached hydrogen (secondary N) is 1. The van der Waals surface area contributed by atoms with Gasteiger partial charge in [0.15, 0.2) is 0 Å². The van der Waals surface area contributed by atoms with E-state index in [1.165, 1.54) is 12.1 Å². The van der Waals surface area contributed by atoms with E-state index in [9.17, 15) is 4.39 Å². The summed E-state index contributed by atoms with van der Waals surface area (Å²) < 4.78 is 19.2. The van der Waals surface area contributed by atoms with Gasteiger partial charge in [-0.2, -0.15) is 0 Å². The van der Waals surface area contributed by atoms with Gasteiger partial charge in [-0.3, -0.25) is 0 Å². The summed E-state index contributed by atoms with van der Waals surface area (Å²) >= 11 is 6.14. The molecule has 1 aromatic rings. The lowest BCUT2D eigenvalue weighted by Gasteiger charge is -2.25. The molecular weight excluding hydrogens is 265 g/mol. The molecule has 3 unspecified atom stereocenters. The Morgan fingerprint density at radius 2 is 2.26 bits per heavy atom. The van der Waals surface area contributed by atoms with Crippen LogP contribution in [0.1, 0.15) is 32.3 Å². The van der Waals surface area contributed by atoms with Crippen LogP contribution >= 0.6 is 11.6 Å². The van der Waals surface area contributed by atoms with Crippen molar-refractivity contribution < 1.29 is 9.13 Å². The molecule has 1 fully saturated rings. The van der Waals surface area contributed by atoms with Crippen molar-refractivity contribution in [2.75, 3.05) is 6.54 Å². The van der Waals surface area contributed by atoms with Gasteiger partial charge in [-0.05, 0) is 56.5 Å². The molecule has 0 amide bonds. The molecular formula is C15H21ClFNO. The van der Waals surface area contributed by atoms with E-state index in [1.54, 1.807) is 6.07 Å². The van der Waals surface area contributed by atoms with E-state index in [4.69, 9.17) is 16.3 Å². The molecule has 1 aromatic carbocycles. The fraction of sp³-hybridized carbons (Fsp3) is 0.600. The van der Waals surface area contributed by atoms with Crippen molar-refractivity contribution in [2.24, 2.45) is 0 Å². The normalized spacial score (nSPS) is 24.6. The molecule has 0 radical (unpaired) electrons. The van der Waals surface area contributed by atoms with E-state index < -0.39 is 0 Å². The Balaban J connectivity index is 2.09. The number of hydrogen-bond donors (Lipinski definition) is 1. The predicted octanol–water partition coefficient (Wildman–Crippen LogP) is 3.57. The van der Waals surface area contributed by atoms with Gasteiger partial charge in [0.05, 0.1) is 12.2 Å². The maximum absolute atomic E-state index is 13.3. The molecule has 0 spiro atoms. The van der Waals surface area contributed by atoms with Crippen molar-refractivity contribution in [1.82, 2.24) is 5.32 Å². The minimum absolute atomic E-state index is 0.189. The molecule has 1 heterocycles. The van der Waals surface area contributed by atoms with E-state index in [0.29, 0.717) is 17.5 Å². The van der Waals surface area contributed by atoms with Gasteiger partial charge in [-0.15, -0.1) is 0 Å². The third kappa shape index (κ3) is 3.91. The number of rotatable bonds is 5. The molecule has 1 N–H and O–H groups in total. The van der Waals surface area contributed by atoms with Crippen LogP contribution in [0.25, 0.3) is 0 Å². The van der Waals surface area contributed by atoms with Crippen molar-refractivity contribution in [2.45, 2.75) is 51.4 Å². The molecule has 2 rings (SSSR count). The minimum atomic E-state index is -0.240. The Bertz CT molecular complexity index is 427. The zero-order valence-corrected chi connectivity index (χ0v) is 12.2. The first-order valence-corrected chi connectivity index (χ1v) is 7.30. The van der Waals surface area contributed by atoms with Gasteiger partial charge in [-0.1, -0.05) is 18.5 Å². The zero-order valence-electron chi connectivity index (χ0n) is 11.5. The second-order valence-corrected chi connectivity index (χ2v) is 5.57. The minimum Gasteiger partial charge on any atom is -0.374 e. The molecule has 0 saturated carbocycles. The first kappa shape index (κ1) is 14.8. The van der Waals surface area contributed by atoms with E-state index in [2.05, 4.69) is 19.2 Å². The highest BCUT2D eigenvalue weighted by atomic mass is 35.5. The quantitative estimate of drug-likeness (QED) is 0.893. The fourth-order valence-corrected chi connectivity index (χ4v) is 2.86. The van der Waals surface area contributed by atoms with Crippen LogP contribution in [0.5, 0.6) is 0 Å². The first-order valence-electron chi connectivity index (χ1n) is 6.93. The molecule has 1 saturated heterocycles. The van der Waals surface area contributed by atoms with E-state index in [1.807, 2.05) is 0 Å². The summed E-state index contributed by atoms with van der Waals surface area (Å²) in [6, 6.07) is 4.72. The molecule has 19 heavy (non-hydrogen) atoms. The van der Waals surface area contributed by atoms with Crippen LogP contribution in [-0.4, -0.2) is 24.8 Å². The summed E-state index contributed by atoms with van der Waals surface area (Å²) in [6.45, 7) is 5.03. The lowest BCUT2D eigenvalue weighted by Crippen LogP contribution is -2.41. The summed E-state index contributed by atoms with van der Waals surface area (Å²) in [5.74, 6) is -0.240. The largest absolute Gasteiger partial charge is 0.374 e. The molecule has 106 valence electrons. The standard InChI is InChI=1S/C15H21ClFNO/c1-3-18-14(15-7-4-10(2)19-15)9-11-8-12(17)5-6-13(11)16/h5-6,8,10,14-15,18H,3-4,7,9H2,1-2H3. The highest BCUT2D eigenvalue weighted by molar-refractivity contribution is 6.31. The van der Waals surface area contributed by atoms with Gasteiger partial charge in [0.1, 0.15) is 5.82 Å². The summed E-state index contributed by atoms with van der Waals surface area (Å²) in [4.78, 5) is 0. The van der Waals surface area contributed by atoms with Crippen molar-refractivity contribution >= 4 is 11.6 Å². The second kappa shape index (κ2) is 6.69. The van der Waals surface area contributed by atoms with Gasteiger partial charge in [0, 0.05) is 11.1 Å². The van der Waals surface area contributed by atoms with Gasteiger partial charge >= 0.3 is 0 Å². The van der Waals surface area contributed by atoms with Gasteiger partial charge in [0.25, 0.3) is 0 Å². The Labute approximate surface area is 119 Å². The van der Waals surface area contributed by atoms with Crippen molar-refractivity contribution in [3.8, 4) is 0 Å². The van der Waals surface area contributed by atoms with Gasteiger partial charge in [0.2, 0.25) is 0 Å². The monoisotopic (exact) mass is 285 g/mol. The van der Waals surface area contributed by atoms with Crippen LogP contribution in [0.4, 0.5) is 4.39 Å². The Morgan fingerprint density at radius 3 is 2.89 bits per heavy atom. The zero-order chi connectivity index (χ0) is 13.8. The number of hydrogen-bond acceptors (Lipinski definition) is 2. The van der Waals surface area contributed by atoms with Crippen molar-refractivity contribution in [3.63, 3.8) is 0 Å². The van der Waals surface area contributed by atoms with Crippen LogP contribution in [0.3, 0.4) is 0 Å². The molecule has 0 aliphatic carbocycles. The fourth-order valence-electron chi connectivity index (χ4n) is 2.66. The van der Waals surface area contributed by atoms with Gasteiger partial charge < -0.3 is 10.1 Å². The predicted molar refractivity (Wildman–Crippen MR) is 76.1 cm³/mol. The maximum Gasteiger partial charge on any atom is 0.123 e. The lowest BCUT2D eigenvalue weighted by atomic mass is 9.99. The maximum atomic E-state index is 13.3. The Kier molecular flexibility index (Phi) is 5.20. The van der Waals surface area contributed by atoms with E-state index in [-0.39, 0.29) is 18.0 Å². The van der Waals surface area contributed by atoms with Crippen LogP contribution in [0.2, 0.25) is 5.02 Å². The Morgan fingerprint density at radius 1 is 1.47 bits per heavy atom. The molecule has 3 atom stereocenters. The molecule has 0 bridgehead atoms. The van der Waals surface area contributed by atoms with Gasteiger partial charge in [-0.25, -0.2) is 4.39 Å². The highest BCUT2D eigenvalue weighted by Gasteiger charge is 2.29. The average Bonchev–Trinajstić information content (AvgIpc) is 2.80. The summed E-state index contributed by atoms with van der Waals surface area (Å²) in [6.07, 6.45) is 3.33. The van der Waals surface area contributed by atoms with Crippen LogP contribution in [0, 0.1) is 5.82 Å². The summed E-state index contributed by atoms with van der Waals surface area (Å²) in [5, 5.41) is 4.05. The summed E-state index contributed by atoms with van der Waals surface area (Å²) in [7, 11) is 0. The molecule has 0 aromatic heterocycles. The number of halogens is 2. The SMILES string of the molecule is CCNC(Cc1cc(F)ccc1Cl)C1CCC(C)O1. The van der Waals surface area contributed by atoms with Crippen LogP contribution in [-0.2, 0) is 11.2 Å². The number of ether oxygens (including phenoxy) is 1. The van der Waals surface area contributed by atoms with Crippen LogP contribution < -0.4 is 5.32 Å². The second-order valence-electron chi connectivity index (χ2n) is 5.17. The molecule has 1 aliphatic heterocycles. The van der Waals surface area contributed by atoms with Crippen molar-refractivity contribution in [1.29, 1.82) is 0 Å². The Hall–Kier alpha value is -0.640. The smallest absolute Gasteiger partial charge is 0.123 e. The van der Waals surface area contributed by atoms with Crippen LogP contribution in [0.15, 0.2) is 18.2 Å². The third-order valence-corrected chi connectivity index (χ3v) is 4.00. The number of benzene rings is 1. The van der Waals surface area contributed by atoms with E-state index >= 15 is 0 Å². The van der Waals surface area contributed by atoms with Crippen molar-refractivity contribution in [3.05, 3.63) is 34.6 Å². The highest BCUT2D eigenvalue weighted by Crippen LogP contribution is 2.26. The molecule has 2 nitrogen and oxygen atoms in total. The molecule has 4 heteroatoms. The third-order valence-electron chi connectivity index (χ3n) is 3.63. The summed E-state index contributed by atoms with van der Waals surface area (Å²) in [5.41, 5.74) is 0.843. The topological polar surface area (TPSA) is 21.3 Å². The molecule has 1 aliphatic rings. The first-order chi connectivity index (χ1) is 9.10.